The van der Waals surface area contributed by atoms with Gasteiger partial charge in [0, 0.05) is 18.7 Å². The number of aliphatic imine (C=N–C) groups is 1. The van der Waals surface area contributed by atoms with Gasteiger partial charge in [-0.15, -0.1) is 24.0 Å². The highest BCUT2D eigenvalue weighted by Gasteiger charge is 2.19. The second-order valence-corrected chi connectivity index (χ2v) is 5.97. The molecule has 1 aliphatic rings. The van der Waals surface area contributed by atoms with E-state index >= 15 is 0 Å². The number of guanidine groups is 1. The molecule has 0 saturated carbocycles. The second-order valence-electron chi connectivity index (χ2n) is 5.97. The molecular formula is C17H29IN4O. The molecule has 0 aliphatic carbocycles. The van der Waals surface area contributed by atoms with Crippen LogP contribution in [0, 0.1) is 0 Å². The van der Waals surface area contributed by atoms with E-state index in [0.717, 1.165) is 24.4 Å². The quantitative estimate of drug-likeness (QED) is 0.442. The molecule has 0 spiro atoms. The van der Waals surface area contributed by atoms with Gasteiger partial charge in [-0.05, 0) is 39.4 Å². The van der Waals surface area contributed by atoms with Gasteiger partial charge in [0.15, 0.2) is 5.96 Å². The van der Waals surface area contributed by atoms with Crippen LogP contribution in [0.25, 0.3) is 0 Å². The van der Waals surface area contributed by atoms with Gasteiger partial charge in [-0.3, -0.25) is 4.99 Å². The molecule has 2 N–H and O–H groups in total. The van der Waals surface area contributed by atoms with Crippen molar-refractivity contribution < 1.29 is 4.74 Å². The average Bonchev–Trinajstić information content (AvgIpc) is 2.55. The fraction of sp³-hybridized carbons (Fsp3) is 0.588. The Morgan fingerprint density at radius 2 is 1.91 bits per heavy atom. The van der Waals surface area contributed by atoms with Gasteiger partial charge in [0.1, 0.15) is 5.75 Å². The number of rotatable bonds is 5. The minimum absolute atomic E-state index is 0. The summed E-state index contributed by atoms with van der Waals surface area (Å²) in [6.45, 7) is 2.68. The van der Waals surface area contributed by atoms with Crippen LogP contribution in [0.5, 0.6) is 5.75 Å². The van der Waals surface area contributed by atoms with Crippen LogP contribution < -0.4 is 10.5 Å². The fourth-order valence-electron chi connectivity index (χ4n) is 2.88. The molecule has 1 aromatic carbocycles. The number of hydrogen-bond acceptors (Lipinski definition) is 3. The maximum absolute atomic E-state index is 6.17. The number of nitrogens with zero attached hydrogens (tertiary/aromatic N) is 3. The highest BCUT2D eigenvalue weighted by atomic mass is 127. The first-order valence-electron chi connectivity index (χ1n) is 7.97. The van der Waals surface area contributed by atoms with Crippen molar-refractivity contribution in [3.05, 3.63) is 29.8 Å². The predicted octanol–water partition coefficient (Wildman–Crippen LogP) is 2.72. The van der Waals surface area contributed by atoms with Crippen molar-refractivity contribution in [2.75, 3.05) is 40.8 Å². The first-order chi connectivity index (χ1) is 10.6. The number of benzene rings is 1. The largest absolute Gasteiger partial charge is 0.496 e. The van der Waals surface area contributed by atoms with Crippen LogP contribution in [0.2, 0.25) is 0 Å². The number of methoxy groups -OCH3 is 1. The zero-order valence-electron chi connectivity index (χ0n) is 14.4. The van der Waals surface area contributed by atoms with Crippen LogP contribution in [-0.2, 0) is 0 Å². The van der Waals surface area contributed by atoms with Crippen molar-refractivity contribution >= 4 is 29.9 Å². The molecule has 6 heteroatoms. The van der Waals surface area contributed by atoms with Crippen LogP contribution in [0.1, 0.15) is 30.9 Å². The number of likely N-dealkylation sites (N-methyl/N-ethyl adjacent to an activating group) is 1. The first-order valence-corrected chi connectivity index (χ1v) is 7.97. The van der Waals surface area contributed by atoms with Crippen LogP contribution in [0.3, 0.4) is 0 Å². The highest BCUT2D eigenvalue weighted by Crippen LogP contribution is 2.28. The number of piperidine rings is 1. The third-order valence-corrected chi connectivity index (χ3v) is 4.23. The van der Waals surface area contributed by atoms with Crippen LogP contribution in [-0.4, -0.2) is 56.6 Å². The Kier molecular flexibility index (Phi) is 8.68. The molecule has 1 saturated heterocycles. The van der Waals surface area contributed by atoms with E-state index < -0.39 is 0 Å². The van der Waals surface area contributed by atoms with Gasteiger partial charge in [-0.25, -0.2) is 0 Å². The van der Waals surface area contributed by atoms with E-state index in [9.17, 15) is 0 Å². The molecule has 130 valence electrons. The third-order valence-electron chi connectivity index (χ3n) is 4.23. The zero-order chi connectivity index (χ0) is 15.9. The van der Waals surface area contributed by atoms with Gasteiger partial charge in [0.2, 0.25) is 0 Å². The first kappa shape index (κ1) is 20.0. The maximum atomic E-state index is 6.17. The Morgan fingerprint density at radius 1 is 1.26 bits per heavy atom. The zero-order valence-corrected chi connectivity index (χ0v) is 16.7. The number of nitrogens with two attached hydrogens (primary N) is 1. The average molecular weight is 432 g/mol. The molecule has 5 nitrogen and oxygen atoms in total. The van der Waals surface area contributed by atoms with Crippen molar-refractivity contribution in [2.45, 2.75) is 25.3 Å². The van der Waals surface area contributed by atoms with Crippen molar-refractivity contribution in [3.8, 4) is 5.75 Å². The van der Waals surface area contributed by atoms with E-state index in [-0.39, 0.29) is 30.0 Å². The maximum Gasteiger partial charge on any atom is 0.191 e. The van der Waals surface area contributed by atoms with E-state index in [0.29, 0.717) is 12.5 Å². The Morgan fingerprint density at radius 3 is 2.52 bits per heavy atom. The molecule has 2 rings (SSSR count). The van der Waals surface area contributed by atoms with Crippen molar-refractivity contribution in [1.29, 1.82) is 0 Å². The summed E-state index contributed by atoms with van der Waals surface area (Å²) >= 11 is 0. The SMILES string of the molecule is COc1ccccc1C(CN=C(N)N1CCCCC1)N(C)C.I. The Labute approximate surface area is 156 Å². The molecular weight excluding hydrogens is 403 g/mol. The molecule has 1 heterocycles. The van der Waals surface area contributed by atoms with Gasteiger partial charge in [-0.1, -0.05) is 18.2 Å². The summed E-state index contributed by atoms with van der Waals surface area (Å²) in [5.41, 5.74) is 7.32. The minimum atomic E-state index is 0. The summed E-state index contributed by atoms with van der Waals surface area (Å²) in [6, 6.07) is 8.26. The Hall–Kier alpha value is -1.02. The summed E-state index contributed by atoms with van der Waals surface area (Å²) in [5.74, 6) is 1.56. The van der Waals surface area contributed by atoms with E-state index in [1.165, 1.54) is 19.3 Å². The van der Waals surface area contributed by atoms with E-state index in [4.69, 9.17) is 10.5 Å². The van der Waals surface area contributed by atoms with Gasteiger partial charge >= 0.3 is 0 Å². The highest BCUT2D eigenvalue weighted by molar-refractivity contribution is 14.0. The summed E-state index contributed by atoms with van der Waals surface area (Å²) in [6.07, 6.45) is 3.71. The van der Waals surface area contributed by atoms with Gasteiger partial charge in [0.05, 0.1) is 19.7 Å². The third kappa shape index (κ3) is 5.53. The second kappa shape index (κ2) is 9.97. The lowest BCUT2D eigenvalue weighted by atomic mass is 10.0. The lowest BCUT2D eigenvalue weighted by molar-refractivity contribution is 0.292. The summed E-state index contributed by atoms with van der Waals surface area (Å²) in [5, 5.41) is 0. The normalized spacial score (nSPS) is 16.9. The molecule has 0 amide bonds. The topological polar surface area (TPSA) is 54.1 Å². The van der Waals surface area contributed by atoms with Crippen molar-refractivity contribution in [3.63, 3.8) is 0 Å². The lowest BCUT2D eigenvalue weighted by Crippen LogP contribution is -2.41. The molecule has 0 bridgehead atoms. The number of likely N-dealkylation sites (tertiary alicyclic amines) is 1. The monoisotopic (exact) mass is 432 g/mol. The lowest BCUT2D eigenvalue weighted by Gasteiger charge is -2.29. The van der Waals surface area contributed by atoms with Crippen LogP contribution in [0.15, 0.2) is 29.3 Å². The van der Waals surface area contributed by atoms with Crippen molar-refractivity contribution in [1.82, 2.24) is 9.80 Å². The number of hydrogen-bond donors (Lipinski definition) is 1. The standard InChI is InChI=1S/C17H28N4O.HI/c1-20(2)15(14-9-5-6-10-16(14)22-3)13-19-17(18)21-11-7-4-8-12-21;/h5-6,9-10,15H,4,7-8,11-13H2,1-3H3,(H2,18,19);1H. The van der Waals surface area contributed by atoms with E-state index in [2.05, 4.69) is 35.0 Å². The molecule has 1 unspecified atom stereocenters. The van der Waals surface area contributed by atoms with Gasteiger partial charge in [-0.2, -0.15) is 0 Å². The van der Waals surface area contributed by atoms with Crippen molar-refractivity contribution in [2.24, 2.45) is 10.7 Å². The molecule has 0 radical (unpaired) electrons. The minimum Gasteiger partial charge on any atom is -0.496 e. The Balaban J connectivity index is 0.00000264. The number of para-hydroxylation sites is 1. The summed E-state index contributed by atoms with van der Waals surface area (Å²) < 4.78 is 5.48. The molecule has 1 aliphatic heterocycles. The smallest absolute Gasteiger partial charge is 0.191 e. The number of halogens is 1. The van der Waals surface area contributed by atoms with Gasteiger partial charge in [0.25, 0.3) is 0 Å². The summed E-state index contributed by atoms with van der Waals surface area (Å²) in [4.78, 5) is 8.99. The van der Waals surface area contributed by atoms with E-state index in [1.54, 1.807) is 7.11 Å². The predicted molar refractivity (Wildman–Crippen MR) is 107 cm³/mol. The Bertz CT molecular complexity index is 501. The summed E-state index contributed by atoms with van der Waals surface area (Å²) in [7, 11) is 5.82. The molecule has 1 aromatic rings. The molecule has 0 aromatic heterocycles. The van der Waals surface area contributed by atoms with Gasteiger partial charge < -0.3 is 20.3 Å². The van der Waals surface area contributed by atoms with E-state index in [1.807, 2.05) is 18.2 Å². The van der Waals surface area contributed by atoms with Crippen LogP contribution in [0.4, 0.5) is 0 Å². The molecule has 1 fully saturated rings. The molecule has 23 heavy (non-hydrogen) atoms. The number of ether oxygens (including phenoxy) is 1. The van der Waals surface area contributed by atoms with Crippen LogP contribution >= 0.6 is 24.0 Å². The fourth-order valence-corrected chi connectivity index (χ4v) is 2.88. The molecule has 1 atom stereocenters.